The molecule has 0 radical (unpaired) electrons. The molecular formula is C17H22N4O2. The van der Waals surface area contributed by atoms with E-state index in [0.717, 1.165) is 42.2 Å². The molecule has 0 aromatic carbocycles. The molecule has 0 bridgehead atoms. The van der Waals surface area contributed by atoms with Gasteiger partial charge in [0.15, 0.2) is 0 Å². The number of hydrogen-bond acceptors (Lipinski definition) is 3. The molecule has 0 aliphatic heterocycles. The number of urea groups is 1. The van der Waals surface area contributed by atoms with Gasteiger partial charge in [0.05, 0.1) is 30.2 Å². The normalized spacial score (nSPS) is 21.5. The fourth-order valence-electron chi connectivity index (χ4n) is 3.38. The molecule has 0 saturated heterocycles. The van der Waals surface area contributed by atoms with Crippen LogP contribution in [0, 0.1) is 5.92 Å². The van der Waals surface area contributed by atoms with E-state index >= 15 is 0 Å². The van der Waals surface area contributed by atoms with E-state index in [2.05, 4.69) is 22.7 Å². The highest BCUT2D eigenvalue weighted by Crippen LogP contribution is 2.39. The first-order valence-corrected chi connectivity index (χ1v) is 8.38. The lowest BCUT2D eigenvalue weighted by molar-refractivity contribution is 0.246. The van der Waals surface area contributed by atoms with Gasteiger partial charge in [-0.15, -0.1) is 0 Å². The lowest BCUT2D eigenvalue weighted by Crippen LogP contribution is -2.33. The topological polar surface area (TPSA) is 72.1 Å². The summed E-state index contributed by atoms with van der Waals surface area (Å²) in [5, 5.41) is 10.3. The Morgan fingerprint density at radius 1 is 1.43 bits per heavy atom. The van der Waals surface area contributed by atoms with Crippen molar-refractivity contribution in [2.75, 3.05) is 5.32 Å². The van der Waals surface area contributed by atoms with Crippen LogP contribution in [-0.2, 0) is 6.42 Å². The van der Waals surface area contributed by atoms with Crippen molar-refractivity contribution in [1.82, 2.24) is 15.1 Å². The Labute approximate surface area is 135 Å². The van der Waals surface area contributed by atoms with Crippen LogP contribution in [0.25, 0.3) is 0 Å². The number of furan rings is 1. The molecule has 1 saturated carbocycles. The highest BCUT2D eigenvalue weighted by molar-refractivity contribution is 5.89. The molecule has 2 aliphatic rings. The highest BCUT2D eigenvalue weighted by Gasteiger charge is 2.29. The van der Waals surface area contributed by atoms with Crippen molar-refractivity contribution < 1.29 is 9.21 Å². The van der Waals surface area contributed by atoms with Crippen molar-refractivity contribution in [3.8, 4) is 0 Å². The monoisotopic (exact) mass is 314 g/mol. The van der Waals surface area contributed by atoms with E-state index in [4.69, 9.17) is 4.42 Å². The molecule has 2 heterocycles. The number of nitrogens with one attached hydrogen (secondary N) is 2. The minimum atomic E-state index is -0.192. The first-order valence-electron chi connectivity index (χ1n) is 8.38. The largest absolute Gasteiger partial charge is 0.469 e. The van der Waals surface area contributed by atoms with E-state index in [9.17, 15) is 4.79 Å². The first-order chi connectivity index (χ1) is 11.2. The summed E-state index contributed by atoms with van der Waals surface area (Å²) < 4.78 is 7.41. The van der Waals surface area contributed by atoms with Gasteiger partial charge in [-0.25, -0.2) is 4.79 Å². The molecule has 2 aromatic heterocycles. The van der Waals surface area contributed by atoms with E-state index in [1.165, 1.54) is 12.8 Å². The van der Waals surface area contributed by atoms with Crippen molar-refractivity contribution in [1.29, 1.82) is 0 Å². The molecule has 0 spiro atoms. The number of aryl methyl sites for hydroxylation is 1. The predicted octanol–water partition coefficient (Wildman–Crippen LogP) is 3.65. The quantitative estimate of drug-likeness (QED) is 0.905. The van der Waals surface area contributed by atoms with Gasteiger partial charge in [0.1, 0.15) is 5.76 Å². The molecule has 2 N–H and O–H groups in total. The Balaban J connectivity index is 1.37. The summed E-state index contributed by atoms with van der Waals surface area (Å²) in [7, 11) is 0. The fourth-order valence-corrected chi connectivity index (χ4v) is 3.38. The van der Waals surface area contributed by atoms with Gasteiger partial charge in [-0.2, -0.15) is 5.10 Å². The molecule has 23 heavy (non-hydrogen) atoms. The standard InChI is InChI=1S/C17H22N4O2/c1-11(12-5-6-12)21-10-13(9-18-21)19-17(22)20-15-3-2-4-16-14(15)7-8-23-16/h7-12,15H,2-6H2,1H3,(H2,19,20,22). The van der Waals surface area contributed by atoms with Crippen LogP contribution >= 0.6 is 0 Å². The summed E-state index contributed by atoms with van der Waals surface area (Å²) in [6.07, 6.45) is 10.8. The minimum absolute atomic E-state index is 0.0259. The zero-order chi connectivity index (χ0) is 15.8. The molecular weight excluding hydrogens is 292 g/mol. The molecule has 2 aromatic rings. The second-order valence-corrected chi connectivity index (χ2v) is 6.63. The number of nitrogens with zero attached hydrogens (tertiary/aromatic N) is 2. The van der Waals surface area contributed by atoms with Crippen molar-refractivity contribution in [2.45, 2.75) is 51.1 Å². The summed E-state index contributed by atoms with van der Waals surface area (Å²) in [6.45, 7) is 2.18. The average Bonchev–Trinajstić information content (AvgIpc) is 3.08. The number of rotatable bonds is 4. The Morgan fingerprint density at radius 2 is 2.30 bits per heavy atom. The summed E-state index contributed by atoms with van der Waals surface area (Å²) in [5.41, 5.74) is 1.84. The number of amides is 2. The van der Waals surface area contributed by atoms with Gasteiger partial charge in [0, 0.05) is 18.2 Å². The second-order valence-electron chi connectivity index (χ2n) is 6.63. The summed E-state index contributed by atoms with van der Waals surface area (Å²) in [4.78, 5) is 12.2. The van der Waals surface area contributed by atoms with E-state index in [-0.39, 0.29) is 12.1 Å². The third-order valence-corrected chi connectivity index (χ3v) is 4.94. The molecule has 6 heteroatoms. The maximum Gasteiger partial charge on any atom is 0.319 e. The number of aromatic nitrogens is 2. The van der Waals surface area contributed by atoms with Gasteiger partial charge in [-0.3, -0.25) is 4.68 Å². The molecule has 2 unspecified atom stereocenters. The van der Waals surface area contributed by atoms with Gasteiger partial charge in [0.25, 0.3) is 0 Å². The predicted molar refractivity (Wildman–Crippen MR) is 86.2 cm³/mol. The highest BCUT2D eigenvalue weighted by atomic mass is 16.3. The number of anilines is 1. The Hall–Kier alpha value is -2.24. The van der Waals surface area contributed by atoms with Crippen molar-refractivity contribution in [2.24, 2.45) is 5.92 Å². The SMILES string of the molecule is CC(C1CC1)n1cc(NC(=O)NC2CCCc3occc32)cn1. The van der Waals surface area contributed by atoms with Crippen molar-refractivity contribution in [3.05, 3.63) is 36.0 Å². The summed E-state index contributed by atoms with van der Waals surface area (Å²) in [5.74, 6) is 1.73. The second kappa shape index (κ2) is 5.76. The van der Waals surface area contributed by atoms with Gasteiger partial charge < -0.3 is 15.1 Å². The van der Waals surface area contributed by atoms with E-state index in [0.29, 0.717) is 6.04 Å². The summed E-state index contributed by atoms with van der Waals surface area (Å²) in [6, 6.07) is 2.19. The molecule has 2 amide bonds. The maximum atomic E-state index is 12.2. The fraction of sp³-hybridized carbons (Fsp3) is 0.529. The zero-order valence-electron chi connectivity index (χ0n) is 13.3. The maximum absolute atomic E-state index is 12.2. The van der Waals surface area contributed by atoms with Crippen LogP contribution in [0.15, 0.2) is 29.1 Å². The number of carbonyl (C=O) groups is 1. The van der Waals surface area contributed by atoms with Crippen molar-refractivity contribution in [3.63, 3.8) is 0 Å². The van der Waals surface area contributed by atoms with E-state index in [1.54, 1.807) is 12.5 Å². The Bertz CT molecular complexity index is 701. The van der Waals surface area contributed by atoms with Gasteiger partial charge >= 0.3 is 6.03 Å². The smallest absolute Gasteiger partial charge is 0.319 e. The average molecular weight is 314 g/mol. The third-order valence-electron chi connectivity index (χ3n) is 4.94. The van der Waals surface area contributed by atoms with E-state index in [1.807, 2.05) is 16.9 Å². The van der Waals surface area contributed by atoms with Crippen LogP contribution in [0.3, 0.4) is 0 Å². The number of carbonyl (C=O) groups excluding carboxylic acids is 1. The van der Waals surface area contributed by atoms with Crippen LogP contribution in [0.1, 0.15) is 56.0 Å². The molecule has 2 aliphatic carbocycles. The molecule has 2 atom stereocenters. The number of hydrogen-bond donors (Lipinski definition) is 2. The lowest BCUT2D eigenvalue weighted by Gasteiger charge is -2.22. The Kier molecular flexibility index (Phi) is 3.59. The Morgan fingerprint density at radius 3 is 3.13 bits per heavy atom. The van der Waals surface area contributed by atoms with E-state index < -0.39 is 0 Å². The van der Waals surface area contributed by atoms with Crippen LogP contribution in [0.2, 0.25) is 0 Å². The van der Waals surface area contributed by atoms with Gasteiger partial charge in [0.2, 0.25) is 0 Å². The molecule has 4 rings (SSSR count). The zero-order valence-corrected chi connectivity index (χ0v) is 13.3. The third kappa shape index (κ3) is 2.98. The molecule has 6 nitrogen and oxygen atoms in total. The first kappa shape index (κ1) is 14.4. The summed E-state index contributed by atoms with van der Waals surface area (Å²) >= 11 is 0. The van der Waals surface area contributed by atoms with Crippen LogP contribution in [0.5, 0.6) is 0 Å². The van der Waals surface area contributed by atoms with Gasteiger partial charge in [-0.1, -0.05) is 0 Å². The van der Waals surface area contributed by atoms with Crippen molar-refractivity contribution >= 4 is 11.7 Å². The van der Waals surface area contributed by atoms with Gasteiger partial charge in [-0.05, 0) is 44.6 Å². The van der Waals surface area contributed by atoms with Crippen LogP contribution < -0.4 is 10.6 Å². The lowest BCUT2D eigenvalue weighted by atomic mass is 9.93. The van der Waals surface area contributed by atoms with Crippen LogP contribution in [-0.4, -0.2) is 15.8 Å². The number of fused-ring (bicyclic) bond motifs is 1. The molecule has 1 fully saturated rings. The minimum Gasteiger partial charge on any atom is -0.469 e. The molecule has 122 valence electrons. The van der Waals surface area contributed by atoms with Crippen LogP contribution in [0.4, 0.5) is 10.5 Å².